The van der Waals surface area contributed by atoms with E-state index in [0.717, 1.165) is 50.3 Å². The van der Waals surface area contributed by atoms with Gasteiger partial charge in [-0.2, -0.15) is 0 Å². The minimum Gasteiger partial charge on any atom is -0.485 e. The van der Waals surface area contributed by atoms with Gasteiger partial charge in [-0.3, -0.25) is 0 Å². The SMILES string of the molecule is O=C(Nc1ccccc1OCC(F)F)N1CCC[C@H](c2nnc3n2CCCCC3)C1. The van der Waals surface area contributed by atoms with Gasteiger partial charge in [-0.05, 0) is 37.8 Å². The van der Waals surface area contributed by atoms with Crippen molar-refractivity contribution in [2.75, 3.05) is 25.0 Å². The van der Waals surface area contributed by atoms with Gasteiger partial charge in [0.25, 0.3) is 6.43 Å². The van der Waals surface area contributed by atoms with Crippen molar-refractivity contribution in [1.82, 2.24) is 19.7 Å². The molecule has 0 spiro atoms. The number of carbonyl (C=O) groups is 1. The summed E-state index contributed by atoms with van der Waals surface area (Å²) >= 11 is 0. The number of aromatic nitrogens is 3. The van der Waals surface area contributed by atoms with Gasteiger partial charge in [0.15, 0.2) is 0 Å². The molecule has 2 aliphatic heterocycles. The summed E-state index contributed by atoms with van der Waals surface area (Å²) in [6.45, 7) is 1.43. The zero-order valence-electron chi connectivity index (χ0n) is 16.9. The summed E-state index contributed by atoms with van der Waals surface area (Å²) in [5.41, 5.74) is 0.390. The lowest BCUT2D eigenvalue weighted by Crippen LogP contribution is -2.42. The highest BCUT2D eigenvalue weighted by molar-refractivity contribution is 5.91. The number of aryl methyl sites for hydroxylation is 1. The third kappa shape index (κ3) is 4.71. The van der Waals surface area contributed by atoms with E-state index in [9.17, 15) is 13.6 Å². The lowest BCUT2D eigenvalue weighted by molar-refractivity contribution is 0.0822. The fourth-order valence-electron chi connectivity index (χ4n) is 4.22. The fourth-order valence-corrected chi connectivity index (χ4v) is 4.22. The van der Waals surface area contributed by atoms with Gasteiger partial charge in [0.1, 0.15) is 24.0 Å². The number of fused-ring (bicyclic) bond motifs is 1. The number of benzene rings is 1. The van der Waals surface area contributed by atoms with Gasteiger partial charge >= 0.3 is 6.03 Å². The Balaban J connectivity index is 1.43. The van der Waals surface area contributed by atoms with Crippen LogP contribution < -0.4 is 10.1 Å². The Hall–Kier alpha value is -2.71. The Morgan fingerprint density at radius 1 is 1.17 bits per heavy atom. The minimum atomic E-state index is -2.57. The molecule has 1 saturated heterocycles. The number of nitrogens with one attached hydrogen (secondary N) is 1. The van der Waals surface area contributed by atoms with E-state index >= 15 is 0 Å². The standard InChI is InChI=1S/C21H27F2N5O2/c22-18(23)14-30-17-9-4-3-8-16(17)24-21(29)27-11-6-7-15(13-27)20-26-25-19-10-2-1-5-12-28(19)20/h3-4,8-9,15,18H,1-2,5-7,10-14H2,(H,24,29)/t15-/m0/s1. The van der Waals surface area contributed by atoms with E-state index < -0.39 is 13.0 Å². The van der Waals surface area contributed by atoms with Crippen molar-refractivity contribution in [3.8, 4) is 5.75 Å². The molecule has 0 radical (unpaired) electrons. The number of halogens is 2. The summed E-state index contributed by atoms with van der Waals surface area (Å²) in [7, 11) is 0. The molecule has 162 valence electrons. The summed E-state index contributed by atoms with van der Waals surface area (Å²) < 4.78 is 32.4. The van der Waals surface area contributed by atoms with Crippen molar-refractivity contribution in [2.24, 2.45) is 0 Å². The number of urea groups is 1. The van der Waals surface area contributed by atoms with Gasteiger partial charge in [0.05, 0.1) is 5.69 Å². The van der Waals surface area contributed by atoms with Crippen LogP contribution in [-0.2, 0) is 13.0 Å². The summed E-state index contributed by atoms with van der Waals surface area (Å²) in [5.74, 6) is 2.41. The molecular weight excluding hydrogens is 392 g/mol. The van der Waals surface area contributed by atoms with Crippen LogP contribution in [0.2, 0.25) is 0 Å². The molecule has 0 saturated carbocycles. The summed E-state index contributed by atoms with van der Waals surface area (Å²) in [6, 6.07) is 6.38. The second-order valence-electron chi connectivity index (χ2n) is 7.85. The molecule has 3 heterocycles. The number of likely N-dealkylation sites (tertiary alicyclic amines) is 1. The van der Waals surface area contributed by atoms with E-state index in [2.05, 4.69) is 20.1 Å². The average molecular weight is 419 g/mol. The van der Waals surface area contributed by atoms with E-state index in [1.165, 1.54) is 6.42 Å². The van der Waals surface area contributed by atoms with E-state index in [-0.39, 0.29) is 17.7 Å². The first-order valence-electron chi connectivity index (χ1n) is 10.6. The molecule has 1 fully saturated rings. The van der Waals surface area contributed by atoms with Crippen molar-refractivity contribution in [2.45, 2.75) is 57.4 Å². The van der Waals surface area contributed by atoms with Crippen LogP contribution in [0.25, 0.3) is 0 Å². The molecule has 2 aromatic rings. The Labute approximate surface area is 174 Å². The Bertz CT molecular complexity index is 873. The lowest BCUT2D eigenvalue weighted by Gasteiger charge is -2.32. The van der Waals surface area contributed by atoms with Crippen LogP contribution in [0.4, 0.5) is 19.3 Å². The summed E-state index contributed by atoms with van der Waals surface area (Å²) in [6.07, 6.45) is 3.71. The maximum atomic E-state index is 12.9. The molecule has 1 aromatic heterocycles. The first-order valence-corrected chi connectivity index (χ1v) is 10.6. The largest absolute Gasteiger partial charge is 0.485 e. The van der Waals surface area contributed by atoms with Crippen LogP contribution in [0, 0.1) is 0 Å². The predicted octanol–water partition coefficient (Wildman–Crippen LogP) is 4.06. The van der Waals surface area contributed by atoms with Crippen LogP contribution >= 0.6 is 0 Å². The Morgan fingerprint density at radius 2 is 2.03 bits per heavy atom. The normalized spacial score (nSPS) is 19.3. The smallest absolute Gasteiger partial charge is 0.321 e. The number of amides is 2. The van der Waals surface area contributed by atoms with E-state index in [0.29, 0.717) is 18.8 Å². The maximum absolute atomic E-state index is 12.9. The molecular formula is C21H27F2N5O2. The number of ether oxygens (including phenoxy) is 1. The fraction of sp³-hybridized carbons (Fsp3) is 0.571. The number of nitrogens with zero attached hydrogens (tertiary/aromatic N) is 4. The number of carbonyl (C=O) groups excluding carboxylic acids is 1. The van der Waals surface area contributed by atoms with Crippen LogP contribution in [0.1, 0.15) is 49.7 Å². The molecule has 2 amide bonds. The number of hydrogen-bond acceptors (Lipinski definition) is 4. The number of anilines is 1. The number of piperidine rings is 1. The van der Waals surface area contributed by atoms with Gasteiger partial charge in [-0.15, -0.1) is 10.2 Å². The highest BCUT2D eigenvalue weighted by Gasteiger charge is 2.29. The quantitative estimate of drug-likeness (QED) is 0.793. The number of alkyl halides is 2. The third-order valence-corrected chi connectivity index (χ3v) is 5.71. The summed E-state index contributed by atoms with van der Waals surface area (Å²) in [4.78, 5) is 14.6. The molecule has 0 unspecified atom stereocenters. The second-order valence-corrected chi connectivity index (χ2v) is 7.85. The maximum Gasteiger partial charge on any atom is 0.321 e. The first-order chi connectivity index (χ1) is 14.6. The summed E-state index contributed by atoms with van der Waals surface area (Å²) in [5, 5.41) is 11.7. The van der Waals surface area contributed by atoms with Crippen LogP contribution in [0.15, 0.2) is 24.3 Å². The van der Waals surface area contributed by atoms with Gasteiger partial charge in [0.2, 0.25) is 0 Å². The van der Waals surface area contributed by atoms with E-state index in [4.69, 9.17) is 4.74 Å². The highest BCUT2D eigenvalue weighted by Crippen LogP contribution is 2.29. The number of hydrogen-bond donors (Lipinski definition) is 1. The van der Waals surface area contributed by atoms with Crippen LogP contribution in [0.5, 0.6) is 5.75 Å². The average Bonchev–Trinajstić information content (AvgIpc) is 3.01. The number of rotatable bonds is 5. The highest BCUT2D eigenvalue weighted by atomic mass is 19.3. The monoisotopic (exact) mass is 419 g/mol. The molecule has 9 heteroatoms. The van der Waals surface area contributed by atoms with Crippen molar-refractivity contribution < 1.29 is 18.3 Å². The van der Waals surface area contributed by atoms with Crippen molar-refractivity contribution in [3.05, 3.63) is 35.9 Å². The zero-order valence-corrected chi connectivity index (χ0v) is 16.9. The molecule has 0 aliphatic carbocycles. The van der Waals surface area contributed by atoms with Gasteiger partial charge in [-0.1, -0.05) is 18.6 Å². The molecule has 2 aliphatic rings. The van der Waals surface area contributed by atoms with Crippen molar-refractivity contribution in [1.29, 1.82) is 0 Å². The lowest BCUT2D eigenvalue weighted by atomic mass is 9.97. The van der Waals surface area contributed by atoms with Gasteiger partial charge in [0, 0.05) is 32.0 Å². The molecule has 4 rings (SSSR count). The third-order valence-electron chi connectivity index (χ3n) is 5.71. The number of para-hydroxylation sites is 2. The molecule has 1 atom stereocenters. The van der Waals surface area contributed by atoms with Gasteiger partial charge in [-0.25, -0.2) is 13.6 Å². The Morgan fingerprint density at radius 3 is 2.90 bits per heavy atom. The van der Waals surface area contributed by atoms with Crippen molar-refractivity contribution in [3.63, 3.8) is 0 Å². The predicted molar refractivity (Wildman–Crippen MR) is 108 cm³/mol. The van der Waals surface area contributed by atoms with E-state index in [1.54, 1.807) is 29.2 Å². The van der Waals surface area contributed by atoms with Crippen molar-refractivity contribution >= 4 is 11.7 Å². The van der Waals surface area contributed by atoms with E-state index in [1.807, 2.05) is 0 Å². The zero-order chi connectivity index (χ0) is 20.9. The van der Waals surface area contributed by atoms with Crippen LogP contribution in [0.3, 0.4) is 0 Å². The second kappa shape index (κ2) is 9.40. The molecule has 1 N–H and O–H groups in total. The molecule has 30 heavy (non-hydrogen) atoms. The topological polar surface area (TPSA) is 72.3 Å². The minimum absolute atomic E-state index is 0.147. The van der Waals surface area contributed by atoms with Crippen LogP contribution in [-0.4, -0.2) is 51.8 Å². The van der Waals surface area contributed by atoms with Gasteiger partial charge < -0.3 is 19.5 Å². The molecule has 0 bridgehead atoms. The molecule has 1 aromatic carbocycles. The first kappa shape index (κ1) is 20.6. The molecule has 7 nitrogen and oxygen atoms in total. The Kier molecular flexibility index (Phi) is 6.44.